The molecular weight excluding hydrogens is 557 g/mol. The van der Waals surface area contributed by atoms with Crippen LogP contribution in [0.15, 0.2) is 122 Å². The van der Waals surface area contributed by atoms with E-state index in [0.29, 0.717) is 0 Å². The van der Waals surface area contributed by atoms with Crippen molar-refractivity contribution >= 4 is 15.6 Å². The fraction of sp³-hybridized carbons (Fsp3) is 0.188. The molecule has 0 saturated carbocycles. The lowest BCUT2D eigenvalue weighted by Gasteiger charge is -2.45. The van der Waals surface area contributed by atoms with Gasteiger partial charge in [0.15, 0.2) is 8.32 Å². The lowest BCUT2D eigenvalue weighted by Crippen LogP contribution is -2.58. The van der Waals surface area contributed by atoms with Crippen molar-refractivity contribution < 1.29 is 26.3 Å². The highest BCUT2D eigenvalue weighted by Gasteiger charge is 2.52. The van der Waals surface area contributed by atoms with Gasteiger partial charge in [-0.15, -0.1) is 0 Å². The van der Waals surface area contributed by atoms with Gasteiger partial charge in [-0.05, 0) is 54.5 Å². The first-order valence-electron chi connectivity index (χ1n) is 13.8. The molecule has 2 heterocycles. The molecule has 0 spiro atoms. The molecule has 216 valence electrons. The van der Waals surface area contributed by atoms with E-state index in [4.69, 9.17) is 9.52 Å². The summed E-state index contributed by atoms with van der Waals surface area (Å²) in [6, 6.07) is 40.5. The van der Waals surface area contributed by atoms with Gasteiger partial charge in [0.05, 0.1) is 10.7 Å². The second kappa shape index (κ2) is 11.7. The molecule has 1 aliphatic heterocycles. The maximum atomic E-state index is 9.75. The first-order chi connectivity index (χ1) is 20.0. The standard InChI is InChI=1S/C32H32N3OSi.BF4/c1-37(2,3)36-32(26-16-7-4-8-17-26,27-18-9-5-10-19-27)30-23-25-15-13-14-22-29(25)31-33-35(24-34(30)31)28-20-11-6-12-21-28;2-1(3,4)5/h4-22,24,30H,23H2,1-3H3;/q+1;-1/t30-;/m0./s1. The van der Waals surface area contributed by atoms with Crippen molar-refractivity contribution in [1.82, 2.24) is 9.78 Å². The lowest BCUT2D eigenvalue weighted by molar-refractivity contribution is -0.729. The largest absolute Gasteiger partial charge is 0.673 e. The Morgan fingerprint density at radius 1 is 0.762 bits per heavy atom. The van der Waals surface area contributed by atoms with Gasteiger partial charge in [0.25, 0.3) is 0 Å². The van der Waals surface area contributed by atoms with E-state index >= 15 is 0 Å². The number of rotatable bonds is 6. The van der Waals surface area contributed by atoms with E-state index in [2.05, 4.69) is 140 Å². The van der Waals surface area contributed by atoms with E-state index in [1.807, 2.05) is 10.7 Å². The van der Waals surface area contributed by atoms with Crippen molar-refractivity contribution in [2.24, 2.45) is 0 Å². The summed E-state index contributed by atoms with van der Waals surface area (Å²) in [6.45, 7) is 6.84. The van der Waals surface area contributed by atoms with Gasteiger partial charge in [-0.25, -0.2) is 4.57 Å². The molecule has 42 heavy (non-hydrogen) atoms. The molecule has 4 aromatic carbocycles. The summed E-state index contributed by atoms with van der Waals surface area (Å²) in [5.41, 5.74) is 5.15. The molecule has 1 aromatic heterocycles. The Kier molecular flexibility index (Phi) is 8.21. The summed E-state index contributed by atoms with van der Waals surface area (Å²) in [5, 5.41) is 5.15. The Hall–Kier alpha value is -4.02. The fourth-order valence-electron chi connectivity index (χ4n) is 5.63. The molecule has 4 nitrogen and oxygen atoms in total. The van der Waals surface area contributed by atoms with E-state index in [0.717, 1.165) is 17.9 Å². The third kappa shape index (κ3) is 6.39. The Bertz CT molecular complexity index is 1580. The van der Waals surface area contributed by atoms with Crippen molar-refractivity contribution in [2.45, 2.75) is 37.7 Å². The first kappa shape index (κ1) is 29.5. The van der Waals surface area contributed by atoms with Gasteiger partial charge in [0, 0.05) is 6.42 Å². The molecule has 0 aliphatic carbocycles. The number of halogens is 4. The topological polar surface area (TPSA) is 30.9 Å². The SMILES string of the molecule is C[Si](C)(C)OC(c1ccccc1)(c1ccccc1)[C@@H]1Cc2ccccc2-c2nn(-c3ccccc3)c[n+]21.F[B-](F)(F)F. The number of nitrogens with zero attached hydrogens (tertiary/aromatic N) is 3. The predicted octanol–water partition coefficient (Wildman–Crippen LogP) is 8.02. The Labute approximate surface area is 244 Å². The van der Waals surface area contributed by atoms with E-state index < -0.39 is 21.2 Å². The molecule has 0 saturated heterocycles. The number of aromatic nitrogens is 3. The van der Waals surface area contributed by atoms with Crippen LogP contribution in [0.4, 0.5) is 17.3 Å². The fourth-order valence-corrected chi connectivity index (χ4v) is 6.97. The molecule has 1 aliphatic rings. The number of para-hydroxylation sites is 1. The molecule has 5 aromatic rings. The molecule has 0 bridgehead atoms. The molecule has 10 heteroatoms. The summed E-state index contributed by atoms with van der Waals surface area (Å²) in [4.78, 5) is 0. The van der Waals surface area contributed by atoms with Gasteiger partial charge in [-0.3, -0.25) is 0 Å². The van der Waals surface area contributed by atoms with Crippen LogP contribution in [0, 0.1) is 0 Å². The van der Waals surface area contributed by atoms with Gasteiger partial charge < -0.3 is 21.7 Å². The van der Waals surface area contributed by atoms with Crippen LogP contribution in [0.3, 0.4) is 0 Å². The number of hydrogen-bond acceptors (Lipinski definition) is 2. The normalized spacial score (nSPS) is 14.8. The van der Waals surface area contributed by atoms with Crippen LogP contribution in [0.5, 0.6) is 0 Å². The van der Waals surface area contributed by atoms with Crippen molar-refractivity contribution in [2.75, 3.05) is 0 Å². The van der Waals surface area contributed by atoms with E-state index in [1.54, 1.807) is 0 Å². The summed E-state index contributed by atoms with van der Waals surface area (Å²) in [6.07, 6.45) is 2.99. The van der Waals surface area contributed by atoms with Gasteiger partial charge in [0.2, 0.25) is 6.33 Å². The summed E-state index contributed by atoms with van der Waals surface area (Å²) in [7, 11) is -8.05. The lowest BCUT2D eigenvalue weighted by atomic mass is 9.76. The van der Waals surface area contributed by atoms with Gasteiger partial charge >= 0.3 is 13.1 Å². The van der Waals surface area contributed by atoms with Crippen LogP contribution in [0.1, 0.15) is 22.7 Å². The Morgan fingerprint density at radius 3 is 1.76 bits per heavy atom. The zero-order valence-corrected chi connectivity index (χ0v) is 24.7. The smallest absolute Gasteiger partial charge is 0.418 e. The molecular formula is C32H32BF4N3OSi. The highest BCUT2D eigenvalue weighted by Crippen LogP contribution is 2.47. The zero-order chi connectivity index (χ0) is 30.0. The molecule has 0 unspecified atom stereocenters. The van der Waals surface area contributed by atoms with Crippen molar-refractivity contribution in [3.63, 3.8) is 0 Å². The van der Waals surface area contributed by atoms with Gasteiger partial charge in [0.1, 0.15) is 17.3 Å². The van der Waals surface area contributed by atoms with Crippen molar-refractivity contribution in [1.29, 1.82) is 0 Å². The zero-order valence-electron chi connectivity index (χ0n) is 23.7. The molecule has 0 radical (unpaired) electrons. The monoisotopic (exact) mass is 589 g/mol. The van der Waals surface area contributed by atoms with Crippen molar-refractivity contribution in [3.8, 4) is 17.1 Å². The van der Waals surface area contributed by atoms with Gasteiger partial charge in [-0.1, -0.05) is 102 Å². The highest BCUT2D eigenvalue weighted by atomic mass is 28.4. The van der Waals surface area contributed by atoms with Crippen LogP contribution in [0.2, 0.25) is 19.6 Å². The number of fused-ring (bicyclic) bond motifs is 3. The summed E-state index contributed by atoms with van der Waals surface area (Å²) >= 11 is 0. The van der Waals surface area contributed by atoms with Crippen LogP contribution in [-0.4, -0.2) is 25.4 Å². The Balaban J connectivity index is 0.000000652. The van der Waals surface area contributed by atoms with E-state index in [-0.39, 0.29) is 6.04 Å². The van der Waals surface area contributed by atoms with Crippen LogP contribution >= 0.6 is 0 Å². The van der Waals surface area contributed by atoms with Crippen molar-refractivity contribution in [3.05, 3.63) is 138 Å². The predicted molar refractivity (Wildman–Crippen MR) is 160 cm³/mol. The second-order valence-corrected chi connectivity index (χ2v) is 15.6. The molecule has 6 rings (SSSR count). The Morgan fingerprint density at radius 2 is 1.24 bits per heavy atom. The quantitative estimate of drug-likeness (QED) is 0.114. The second-order valence-electron chi connectivity index (χ2n) is 11.2. The average molecular weight is 590 g/mol. The first-order valence-corrected chi connectivity index (χ1v) is 17.2. The minimum atomic E-state index is -6.00. The highest BCUT2D eigenvalue weighted by molar-refractivity contribution is 6.69. The number of benzene rings is 4. The average Bonchev–Trinajstić information content (AvgIpc) is 3.42. The van der Waals surface area contributed by atoms with Crippen LogP contribution in [-0.2, 0) is 16.4 Å². The maximum absolute atomic E-state index is 9.75. The number of hydrogen-bond donors (Lipinski definition) is 0. The third-order valence-electron chi connectivity index (χ3n) is 7.05. The molecule has 1 atom stereocenters. The van der Waals surface area contributed by atoms with Gasteiger partial charge in [-0.2, -0.15) is 0 Å². The third-order valence-corrected chi connectivity index (χ3v) is 7.98. The van der Waals surface area contributed by atoms with Crippen LogP contribution in [0.25, 0.3) is 17.1 Å². The summed E-state index contributed by atoms with van der Waals surface area (Å²) < 4.78 is 50.8. The maximum Gasteiger partial charge on any atom is 0.673 e. The van der Waals surface area contributed by atoms with Crippen LogP contribution < -0.4 is 4.57 Å². The van der Waals surface area contributed by atoms with E-state index in [9.17, 15) is 17.3 Å². The minimum absolute atomic E-state index is 0.0358. The molecule has 0 amide bonds. The molecule has 0 N–H and O–H groups in total. The molecule has 0 fully saturated rings. The minimum Gasteiger partial charge on any atom is -0.418 e. The van der Waals surface area contributed by atoms with E-state index in [1.165, 1.54) is 22.3 Å². The summed E-state index contributed by atoms with van der Waals surface area (Å²) in [5.74, 6) is 0.964.